The van der Waals surface area contributed by atoms with Crippen molar-refractivity contribution in [2.24, 2.45) is 5.73 Å². The lowest BCUT2D eigenvalue weighted by Gasteiger charge is -2.00. The molecular formula is C9H10Cl3N. The van der Waals surface area contributed by atoms with Crippen LogP contribution in [-0.4, -0.2) is 6.04 Å². The summed E-state index contributed by atoms with van der Waals surface area (Å²) in [5.41, 5.74) is 6.92. The van der Waals surface area contributed by atoms with Gasteiger partial charge in [0.15, 0.2) is 0 Å². The van der Waals surface area contributed by atoms with Crippen molar-refractivity contribution in [2.75, 3.05) is 0 Å². The molecule has 1 aliphatic carbocycles. The molecule has 1 aromatic carbocycles. The summed E-state index contributed by atoms with van der Waals surface area (Å²) in [7, 11) is 0. The maximum absolute atomic E-state index is 5.86. The van der Waals surface area contributed by atoms with Gasteiger partial charge in [0, 0.05) is 12.0 Å². The number of nitrogens with two attached hydrogens (primary N) is 1. The van der Waals surface area contributed by atoms with Gasteiger partial charge in [-0.3, -0.25) is 0 Å². The number of rotatable bonds is 1. The Hall–Kier alpha value is 0.0500. The fourth-order valence-electron chi connectivity index (χ4n) is 1.34. The minimum absolute atomic E-state index is 0. The predicted molar refractivity (Wildman–Crippen MR) is 59.0 cm³/mol. The molecule has 0 saturated heterocycles. The Morgan fingerprint density at radius 2 is 1.85 bits per heavy atom. The van der Waals surface area contributed by atoms with Gasteiger partial charge in [-0.25, -0.2) is 0 Å². The zero-order chi connectivity index (χ0) is 8.72. The first-order valence-corrected chi connectivity index (χ1v) is 4.64. The second-order valence-corrected chi connectivity index (χ2v) is 3.99. The number of halogens is 3. The van der Waals surface area contributed by atoms with Gasteiger partial charge >= 0.3 is 0 Å². The van der Waals surface area contributed by atoms with Gasteiger partial charge in [-0.05, 0) is 24.1 Å². The van der Waals surface area contributed by atoms with Crippen molar-refractivity contribution in [1.82, 2.24) is 0 Å². The van der Waals surface area contributed by atoms with E-state index in [1.165, 1.54) is 5.56 Å². The summed E-state index contributed by atoms with van der Waals surface area (Å²) in [5, 5.41) is 1.22. The Morgan fingerprint density at radius 1 is 1.23 bits per heavy atom. The molecular weight excluding hydrogens is 228 g/mol. The van der Waals surface area contributed by atoms with Crippen molar-refractivity contribution in [1.29, 1.82) is 0 Å². The Labute approximate surface area is 93.6 Å². The van der Waals surface area contributed by atoms with E-state index in [0.717, 1.165) is 6.42 Å². The van der Waals surface area contributed by atoms with E-state index in [1.807, 2.05) is 18.2 Å². The van der Waals surface area contributed by atoms with E-state index in [-0.39, 0.29) is 12.4 Å². The molecule has 2 atom stereocenters. The lowest BCUT2D eigenvalue weighted by Crippen LogP contribution is -2.00. The average molecular weight is 239 g/mol. The van der Waals surface area contributed by atoms with Gasteiger partial charge in [0.1, 0.15) is 0 Å². The molecule has 4 heteroatoms. The largest absolute Gasteiger partial charge is 0.327 e. The van der Waals surface area contributed by atoms with Crippen LogP contribution in [0, 0.1) is 0 Å². The molecule has 2 rings (SSSR count). The highest BCUT2D eigenvalue weighted by atomic mass is 35.5. The summed E-state index contributed by atoms with van der Waals surface area (Å²) in [6, 6.07) is 6.04. The topological polar surface area (TPSA) is 26.0 Å². The number of benzene rings is 1. The van der Waals surface area contributed by atoms with E-state index in [2.05, 4.69) is 0 Å². The van der Waals surface area contributed by atoms with Crippen LogP contribution in [0.5, 0.6) is 0 Å². The molecule has 1 saturated carbocycles. The molecule has 0 aromatic heterocycles. The van der Waals surface area contributed by atoms with Gasteiger partial charge in [-0.15, -0.1) is 12.4 Å². The molecule has 0 heterocycles. The molecule has 0 radical (unpaired) electrons. The van der Waals surface area contributed by atoms with E-state index in [4.69, 9.17) is 28.9 Å². The Bertz CT molecular complexity index is 314. The third-order valence-corrected chi connectivity index (χ3v) is 2.95. The van der Waals surface area contributed by atoms with Crippen LogP contribution in [0.15, 0.2) is 18.2 Å². The molecule has 1 aliphatic rings. The average Bonchev–Trinajstić information content (AvgIpc) is 2.73. The summed E-state index contributed by atoms with van der Waals surface area (Å²) >= 11 is 11.6. The third-order valence-electron chi connectivity index (χ3n) is 2.21. The fourth-order valence-corrected chi connectivity index (χ4v) is 1.65. The normalized spacial score (nSPS) is 25.2. The number of hydrogen-bond acceptors (Lipinski definition) is 1. The van der Waals surface area contributed by atoms with Crippen LogP contribution < -0.4 is 5.73 Å². The summed E-state index contributed by atoms with van der Waals surface area (Å²) in [6.07, 6.45) is 1.07. The molecule has 0 aliphatic heterocycles. The Morgan fingerprint density at radius 3 is 2.31 bits per heavy atom. The first kappa shape index (κ1) is 11.1. The lowest BCUT2D eigenvalue weighted by molar-refractivity contribution is 0.991. The van der Waals surface area contributed by atoms with Crippen molar-refractivity contribution < 1.29 is 0 Å². The molecule has 13 heavy (non-hydrogen) atoms. The summed E-state index contributed by atoms with van der Waals surface area (Å²) < 4.78 is 0. The van der Waals surface area contributed by atoms with Crippen LogP contribution in [0.4, 0.5) is 0 Å². The molecule has 2 N–H and O–H groups in total. The van der Waals surface area contributed by atoms with Crippen LogP contribution in [0.3, 0.4) is 0 Å². The van der Waals surface area contributed by atoms with Crippen LogP contribution in [-0.2, 0) is 0 Å². The third kappa shape index (κ3) is 2.29. The van der Waals surface area contributed by atoms with Crippen molar-refractivity contribution in [2.45, 2.75) is 18.4 Å². The smallest absolute Gasteiger partial charge is 0.0595 e. The predicted octanol–water partition coefficient (Wildman–Crippen LogP) is 3.23. The molecule has 1 aromatic rings. The molecule has 1 fully saturated rings. The van der Waals surface area contributed by atoms with E-state index in [0.29, 0.717) is 22.0 Å². The first-order valence-electron chi connectivity index (χ1n) is 3.89. The maximum atomic E-state index is 5.86. The summed E-state index contributed by atoms with van der Waals surface area (Å²) in [6.45, 7) is 0. The minimum Gasteiger partial charge on any atom is -0.327 e. The molecule has 1 nitrogen and oxygen atoms in total. The highest BCUT2D eigenvalue weighted by Gasteiger charge is 2.34. The van der Waals surface area contributed by atoms with Gasteiger partial charge in [-0.2, -0.15) is 0 Å². The first-order chi connectivity index (χ1) is 5.68. The molecule has 0 bridgehead atoms. The van der Waals surface area contributed by atoms with Crippen LogP contribution in [0.25, 0.3) is 0 Å². The van der Waals surface area contributed by atoms with Crippen LogP contribution in [0.1, 0.15) is 17.9 Å². The number of hydrogen-bond donors (Lipinski definition) is 1. The SMILES string of the molecule is Cl.N[C@@H]1C[C@@H]1c1ccc(Cl)c(Cl)c1. The monoisotopic (exact) mass is 237 g/mol. The van der Waals surface area contributed by atoms with Crippen molar-refractivity contribution in [3.8, 4) is 0 Å². The van der Waals surface area contributed by atoms with E-state index >= 15 is 0 Å². The zero-order valence-electron chi connectivity index (χ0n) is 6.84. The van der Waals surface area contributed by atoms with Gasteiger partial charge in [0.2, 0.25) is 0 Å². The molecule has 0 unspecified atom stereocenters. The fraction of sp³-hybridized carbons (Fsp3) is 0.333. The highest BCUT2D eigenvalue weighted by molar-refractivity contribution is 6.42. The van der Waals surface area contributed by atoms with E-state index in [1.54, 1.807) is 0 Å². The minimum atomic E-state index is 0. The van der Waals surface area contributed by atoms with Gasteiger partial charge in [-0.1, -0.05) is 29.3 Å². The second-order valence-electron chi connectivity index (χ2n) is 3.18. The quantitative estimate of drug-likeness (QED) is 0.799. The Kier molecular flexibility index (Phi) is 3.47. The molecule has 72 valence electrons. The molecule has 0 amide bonds. The van der Waals surface area contributed by atoms with Crippen LogP contribution in [0.2, 0.25) is 10.0 Å². The summed E-state index contributed by atoms with van der Waals surface area (Å²) in [4.78, 5) is 0. The maximum Gasteiger partial charge on any atom is 0.0595 e. The van der Waals surface area contributed by atoms with Crippen LogP contribution >= 0.6 is 35.6 Å². The van der Waals surface area contributed by atoms with Gasteiger partial charge in [0.05, 0.1) is 10.0 Å². The van der Waals surface area contributed by atoms with E-state index < -0.39 is 0 Å². The zero-order valence-corrected chi connectivity index (χ0v) is 9.16. The Balaban J connectivity index is 0.000000845. The van der Waals surface area contributed by atoms with Crippen molar-refractivity contribution >= 4 is 35.6 Å². The lowest BCUT2D eigenvalue weighted by atomic mass is 10.1. The van der Waals surface area contributed by atoms with Crippen molar-refractivity contribution in [3.05, 3.63) is 33.8 Å². The van der Waals surface area contributed by atoms with Crippen molar-refractivity contribution in [3.63, 3.8) is 0 Å². The van der Waals surface area contributed by atoms with E-state index in [9.17, 15) is 0 Å². The van der Waals surface area contributed by atoms with Gasteiger partial charge < -0.3 is 5.73 Å². The summed E-state index contributed by atoms with van der Waals surface area (Å²) in [5.74, 6) is 0.500. The molecule has 0 spiro atoms. The second kappa shape index (κ2) is 4.05. The van der Waals surface area contributed by atoms with Gasteiger partial charge in [0.25, 0.3) is 0 Å². The highest BCUT2D eigenvalue weighted by Crippen LogP contribution is 2.40. The standard InChI is InChI=1S/C9H9Cl2N.ClH/c10-7-2-1-5(3-8(7)11)6-4-9(6)12;/h1-3,6,9H,4,12H2;1H/t6-,9-;/m1./s1.